The Balaban J connectivity index is 1.62. The van der Waals surface area contributed by atoms with Gasteiger partial charge < -0.3 is 19.5 Å². The van der Waals surface area contributed by atoms with Gasteiger partial charge in [-0.25, -0.2) is 0 Å². The number of amides is 2. The van der Waals surface area contributed by atoms with E-state index in [-0.39, 0.29) is 30.8 Å². The average molecular weight is 344 g/mol. The summed E-state index contributed by atoms with van der Waals surface area (Å²) < 4.78 is 10.6. The smallest absolute Gasteiger partial charge is 0.267 e. The van der Waals surface area contributed by atoms with Crippen LogP contribution in [0.15, 0.2) is 28.8 Å². The fraction of sp³-hybridized carbons (Fsp3) is 0.412. The van der Waals surface area contributed by atoms with Gasteiger partial charge in [-0.1, -0.05) is 17.3 Å². The van der Waals surface area contributed by atoms with Gasteiger partial charge in [-0.2, -0.15) is 4.98 Å². The van der Waals surface area contributed by atoms with Crippen LogP contribution in [0.5, 0.6) is 5.75 Å². The first-order chi connectivity index (χ1) is 12.0. The van der Waals surface area contributed by atoms with E-state index in [4.69, 9.17) is 9.26 Å². The number of nitrogens with one attached hydrogen (secondary N) is 1. The Hall–Kier alpha value is -2.90. The molecule has 0 aliphatic carbocycles. The highest BCUT2D eigenvalue weighted by Gasteiger charge is 2.31. The first-order valence-corrected chi connectivity index (χ1v) is 8.12. The number of hydrogen-bond donors (Lipinski definition) is 1. The number of carbonyl (C=O) groups excluding carboxylic acids is 2. The fourth-order valence-corrected chi connectivity index (χ4v) is 2.67. The number of anilines is 1. The Bertz CT molecular complexity index is 788. The third-order valence-electron chi connectivity index (χ3n) is 3.93. The first kappa shape index (κ1) is 16.9. The van der Waals surface area contributed by atoms with Crippen LogP contribution < -0.4 is 15.0 Å². The molecule has 0 spiro atoms. The third kappa shape index (κ3) is 3.62. The quantitative estimate of drug-likeness (QED) is 0.887. The molecule has 1 aromatic heterocycles. The van der Waals surface area contributed by atoms with Gasteiger partial charge in [-0.3, -0.25) is 9.59 Å². The van der Waals surface area contributed by atoms with Gasteiger partial charge in [-0.15, -0.1) is 0 Å². The van der Waals surface area contributed by atoms with Gasteiger partial charge in [0, 0.05) is 13.0 Å². The Morgan fingerprint density at radius 3 is 2.88 bits per heavy atom. The van der Waals surface area contributed by atoms with Crippen LogP contribution >= 0.6 is 0 Å². The highest BCUT2D eigenvalue weighted by atomic mass is 16.5. The van der Waals surface area contributed by atoms with Crippen molar-refractivity contribution in [1.82, 2.24) is 15.5 Å². The maximum Gasteiger partial charge on any atom is 0.267 e. The SMILES string of the molecule is Cc1noc([C@H](C)NC(=O)CCN2C(=O)[C@@H](C)Oc3ccccc32)n1. The minimum absolute atomic E-state index is 0.157. The van der Waals surface area contributed by atoms with Gasteiger partial charge in [0.2, 0.25) is 11.8 Å². The first-order valence-electron chi connectivity index (χ1n) is 8.12. The number of para-hydroxylation sites is 2. The molecule has 1 aliphatic heterocycles. The van der Waals surface area contributed by atoms with Gasteiger partial charge in [0.1, 0.15) is 11.8 Å². The molecule has 3 rings (SSSR count). The normalized spacial score (nSPS) is 17.6. The van der Waals surface area contributed by atoms with Crippen LogP contribution in [0.4, 0.5) is 5.69 Å². The van der Waals surface area contributed by atoms with E-state index in [2.05, 4.69) is 15.5 Å². The van der Waals surface area contributed by atoms with E-state index < -0.39 is 6.10 Å². The van der Waals surface area contributed by atoms with Crippen molar-refractivity contribution in [2.24, 2.45) is 0 Å². The second-order valence-corrected chi connectivity index (χ2v) is 5.94. The second kappa shape index (κ2) is 6.92. The number of fused-ring (bicyclic) bond motifs is 1. The molecule has 0 unspecified atom stereocenters. The van der Waals surface area contributed by atoms with Crippen molar-refractivity contribution in [3.8, 4) is 5.75 Å². The van der Waals surface area contributed by atoms with E-state index >= 15 is 0 Å². The lowest BCUT2D eigenvalue weighted by Crippen LogP contribution is -2.45. The molecule has 0 bridgehead atoms. The molecule has 25 heavy (non-hydrogen) atoms. The molecular formula is C17H20N4O4. The highest BCUT2D eigenvalue weighted by Crippen LogP contribution is 2.33. The zero-order valence-electron chi connectivity index (χ0n) is 14.4. The van der Waals surface area contributed by atoms with Crippen LogP contribution in [0.1, 0.15) is 38.0 Å². The number of benzene rings is 1. The van der Waals surface area contributed by atoms with Crippen molar-refractivity contribution < 1.29 is 18.8 Å². The molecule has 2 amide bonds. The predicted octanol–water partition coefficient (Wildman–Crippen LogP) is 1.76. The summed E-state index contributed by atoms with van der Waals surface area (Å²) in [6, 6.07) is 6.91. The number of ether oxygens (including phenoxy) is 1. The Morgan fingerprint density at radius 2 is 2.16 bits per heavy atom. The number of aryl methyl sites for hydroxylation is 1. The van der Waals surface area contributed by atoms with Gasteiger partial charge in [0.15, 0.2) is 11.9 Å². The van der Waals surface area contributed by atoms with Crippen LogP contribution in [0.25, 0.3) is 0 Å². The Morgan fingerprint density at radius 1 is 1.40 bits per heavy atom. The molecular weight excluding hydrogens is 324 g/mol. The topological polar surface area (TPSA) is 97.6 Å². The molecule has 2 heterocycles. The lowest BCUT2D eigenvalue weighted by molar-refractivity contribution is -0.125. The highest BCUT2D eigenvalue weighted by molar-refractivity contribution is 6.00. The summed E-state index contributed by atoms with van der Waals surface area (Å²) in [5.41, 5.74) is 0.680. The molecule has 1 aliphatic rings. The molecule has 0 saturated carbocycles. The lowest BCUT2D eigenvalue weighted by Gasteiger charge is -2.32. The molecule has 1 aromatic carbocycles. The number of hydrogen-bond acceptors (Lipinski definition) is 6. The van der Waals surface area contributed by atoms with E-state index in [9.17, 15) is 9.59 Å². The maximum absolute atomic E-state index is 12.4. The zero-order valence-corrected chi connectivity index (χ0v) is 14.4. The second-order valence-electron chi connectivity index (χ2n) is 5.94. The number of aromatic nitrogens is 2. The van der Waals surface area contributed by atoms with Crippen LogP contribution in [-0.2, 0) is 9.59 Å². The van der Waals surface area contributed by atoms with Crippen molar-refractivity contribution >= 4 is 17.5 Å². The minimum Gasteiger partial charge on any atom is -0.479 e. The van der Waals surface area contributed by atoms with E-state index in [1.807, 2.05) is 18.2 Å². The van der Waals surface area contributed by atoms with Crippen LogP contribution in [0, 0.1) is 6.92 Å². The minimum atomic E-state index is -0.571. The largest absolute Gasteiger partial charge is 0.479 e. The van der Waals surface area contributed by atoms with Gasteiger partial charge in [0.05, 0.1) is 5.69 Å². The van der Waals surface area contributed by atoms with Gasteiger partial charge in [-0.05, 0) is 32.9 Å². The number of rotatable bonds is 5. The van der Waals surface area contributed by atoms with Crippen molar-refractivity contribution in [3.63, 3.8) is 0 Å². The molecule has 8 nitrogen and oxygen atoms in total. The van der Waals surface area contributed by atoms with E-state index in [0.717, 1.165) is 0 Å². The summed E-state index contributed by atoms with van der Waals surface area (Å²) in [5, 5.41) is 6.50. The van der Waals surface area contributed by atoms with Crippen LogP contribution in [0.2, 0.25) is 0 Å². The molecule has 0 fully saturated rings. The summed E-state index contributed by atoms with van der Waals surface area (Å²) in [6.45, 7) is 5.45. The molecule has 0 saturated heterocycles. The summed E-state index contributed by atoms with van der Waals surface area (Å²) in [5.74, 6) is 1.15. The average Bonchev–Trinajstić information content (AvgIpc) is 3.02. The summed E-state index contributed by atoms with van der Waals surface area (Å²) in [4.78, 5) is 30.3. The van der Waals surface area contributed by atoms with Gasteiger partial charge >= 0.3 is 0 Å². The van der Waals surface area contributed by atoms with E-state index in [0.29, 0.717) is 23.2 Å². The standard InChI is InChI=1S/C17H20N4O4/c1-10(16-19-12(3)20-25-16)18-15(22)8-9-21-13-6-4-5-7-14(13)24-11(2)17(21)23/h4-7,10-11H,8-9H2,1-3H3,(H,18,22)/t10-,11+/m0/s1. The van der Waals surface area contributed by atoms with Crippen LogP contribution in [0.3, 0.4) is 0 Å². The van der Waals surface area contributed by atoms with Crippen molar-refractivity contribution in [3.05, 3.63) is 36.0 Å². The Labute approximate surface area is 145 Å². The molecule has 1 N–H and O–H groups in total. The van der Waals surface area contributed by atoms with Crippen molar-refractivity contribution in [2.75, 3.05) is 11.4 Å². The van der Waals surface area contributed by atoms with Crippen molar-refractivity contribution in [1.29, 1.82) is 0 Å². The monoisotopic (exact) mass is 344 g/mol. The fourth-order valence-electron chi connectivity index (χ4n) is 2.67. The van der Waals surface area contributed by atoms with E-state index in [1.165, 1.54) is 0 Å². The predicted molar refractivity (Wildman–Crippen MR) is 89.1 cm³/mol. The lowest BCUT2D eigenvalue weighted by atomic mass is 10.1. The van der Waals surface area contributed by atoms with E-state index in [1.54, 1.807) is 31.7 Å². The maximum atomic E-state index is 12.4. The molecule has 2 atom stereocenters. The van der Waals surface area contributed by atoms with Gasteiger partial charge in [0.25, 0.3) is 5.91 Å². The molecule has 2 aromatic rings. The molecule has 0 radical (unpaired) electrons. The van der Waals surface area contributed by atoms with Crippen LogP contribution in [-0.4, -0.2) is 34.6 Å². The summed E-state index contributed by atoms with van der Waals surface area (Å²) in [6.07, 6.45) is -0.414. The third-order valence-corrected chi connectivity index (χ3v) is 3.93. The molecule has 8 heteroatoms. The summed E-state index contributed by atoms with van der Waals surface area (Å²) in [7, 11) is 0. The number of nitrogens with zero attached hydrogens (tertiary/aromatic N) is 3. The van der Waals surface area contributed by atoms with Crippen molar-refractivity contribution in [2.45, 2.75) is 39.3 Å². The number of carbonyl (C=O) groups is 2. The molecule has 132 valence electrons. The Kier molecular flexibility index (Phi) is 4.69. The zero-order chi connectivity index (χ0) is 18.0. The summed E-state index contributed by atoms with van der Waals surface area (Å²) >= 11 is 0.